The summed E-state index contributed by atoms with van der Waals surface area (Å²) in [5, 5.41) is 6.96. The molecule has 0 saturated carbocycles. The molecular formula is C12H13F2N3. The van der Waals surface area contributed by atoms with E-state index in [0.717, 1.165) is 18.2 Å². The molecule has 0 spiro atoms. The summed E-state index contributed by atoms with van der Waals surface area (Å²) < 4.78 is 27.7. The highest BCUT2D eigenvalue weighted by Crippen LogP contribution is 2.14. The fourth-order valence-electron chi connectivity index (χ4n) is 1.60. The van der Waals surface area contributed by atoms with Gasteiger partial charge < -0.3 is 5.32 Å². The Bertz CT molecular complexity index is 508. The number of hydrogen-bond donors (Lipinski definition) is 1. The predicted molar refractivity (Wildman–Crippen MR) is 61.8 cm³/mol. The van der Waals surface area contributed by atoms with Crippen molar-refractivity contribution in [3.8, 4) is 0 Å². The van der Waals surface area contributed by atoms with Gasteiger partial charge in [0, 0.05) is 38.0 Å². The molecule has 90 valence electrons. The first-order valence-electron chi connectivity index (χ1n) is 5.32. The lowest BCUT2D eigenvalue weighted by molar-refractivity contribution is 0.585. The van der Waals surface area contributed by atoms with Crippen molar-refractivity contribution >= 4 is 5.69 Å². The van der Waals surface area contributed by atoms with E-state index in [1.54, 1.807) is 10.9 Å². The molecule has 0 saturated heterocycles. The minimum Gasteiger partial charge on any atom is -0.382 e. The van der Waals surface area contributed by atoms with Crippen molar-refractivity contribution in [2.24, 2.45) is 7.05 Å². The number of hydrogen-bond acceptors (Lipinski definition) is 2. The normalized spacial score (nSPS) is 10.5. The number of nitrogens with one attached hydrogen (secondary N) is 1. The van der Waals surface area contributed by atoms with Crippen LogP contribution in [0.25, 0.3) is 0 Å². The molecule has 0 aliphatic rings. The molecule has 2 aromatic rings. The van der Waals surface area contributed by atoms with Gasteiger partial charge in [0.05, 0.1) is 5.69 Å². The molecule has 0 radical (unpaired) electrons. The number of aryl methyl sites for hydroxylation is 1. The first-order valence-corrected chi connectivity index (χ1v) is 5.32. The van der Waals surface area contributed by atoms with Crippen molar-refractivity contribution in [2.45, 2.75) is 6.42 Å². The Hall–Kier alpha value is -1.91. The SMILES string of the molecule is Cn1nccc1CCNc1ccc(F)cc1F. The van der Waals surface area contributed by atoms with Gasteiger partial charge in [0.1, 0.15) is 11.6 Å². The summed E-state index contributed by atoms with van der Waals surface area (Å²) in [7, 11) is 1.85. The third kappa shape index (κ3) is 2.81. The Balaban J connectivity index is 1.92. The molecule has 17 heavy (non-hydrogen) atoms. The van der Waals surface area contributed by atoms with Crippen LogP contribution in [0.1, 0.15) is 5.69 Å². The maximum Gasteiger partial charge on any atom is 0.149 e. The summed E-state index contributed by atoms with van der Waals surface area (Å²) in [6.07, 6.45) is 2.45. The van der Waals surface area contributed by atoms with E-state index in [1.807, 2.05) is 13.1 Å². The molecule has 1 aromatic carbocycles. The number of aromatic nitrogens is 2. The maximum absolute atomic E-state index is 13.3. The van der Waals surface area contributed by atoms with Crippen LogP contribution in [0.2, 0.25) is 0 Å². The number of halogens is 2. The molecule has 0 unspecified atom stereocenters. The zero-order valence-electron chi connectivity index (χ0n) is 9.45. The van der Waals surface area contributed by atoms with Crippen LogP contribution in [-0.4, -0.2) is 16.3 Å². The summed E-state index contributed by atoms with van der Waals surface area (Å²) in [6, 6.07) is 5.40. The van der Waals surface area contributed by atoms with Crippen molar-refractivity contribution in [3.63, 3.8) is 0 Å². The van der Waals surface area contributed by atoms with Crippen molar-refractivity contribution in [3.05, 3.63) is 47.8 Å². The van der Waals surface area contributed by atoms with E-state index in [4.69, 9.17) is 0 Å². The third-order valence-corrected chi connectivity index (χ3v) is 2.55. The fourth-order valence-corrected chi connectivity index (χ4v) is 1.60. The Morgan fingerprint density at radius 3 is 2.76 bits per heavy atom. The van der Waals surface area contributed by atoms with Gasteiger partial charge in [-0.25, -0.2) is 8.78 Å². The topological polar surface area (TPSA) is 29.9 Å². The molecule has 0 atom stereocenters. The lowest BCUT2D eigenvalue weighted by atomic mass is 10.2. The van der Waals surface area contributed by atoms with Crippen molar-refractivity contribution in [2.75, 3.05) is 11.9 Å². The van der Waals surface area contributed by atoms with Crippen molar-refractivity contribution in [1.82, 2.24) is 9.78 Å². The summed E-state index contributed by atoms with van der Waals surface area (Å²) in [5.41, 5.74) is 1.37. The molecule has 1 N–H and O–H groups in total. The van der Waals surface area contributed by atoms with Crippen molar-refractivity contribution in [1.29, 1.82) is 0 Å². The van der Waals surface area contributed by atoms with Crippen LogP contribution >= 0.6 is 0 Å². The van der Waals surface area contributed by atoms with Crippen LogP contribution in [0.15, 0.2) is 30.5 Å². The van der Waals surface area contributed by atoms with Gasteiger partial charge in [-0.15, -0.1) is 0 Å². The van der Waals surface area contributed by atoms with E-state index in [2.05, 4.69) is 10.4 Å². The van der Waals surface area contributed by atoms with E-state index < -0.39 is 11.6 Å². The van der Waals surface area contributed by atoms with Crippen LogP contribution in [0, 0.1) is 11.6 Å². The first kappa shape index (κ1) is 11.6. The van der Waals surface area contributed by atoms with Gasteiger partial charge in [-0.05, 0) is 18.2 Å². The van der Waals surface area contributed by atoms with Crippen LogP contribution < -0.4 is 5.32 Å². The molecule has 0 aliphatic carbocycles. The second-order valence-electron chi connectivity index (χ2n) is 3.75. The fraction of sp³-hybridized carbons (Fsp3) is 0.250. The molecule has 0 amide bonds. The number of rotatable bonds is 4. The Morgan fingerprint density at radius 2 is 2.12 bits per heavy atom. The quantitative estimate of drug-likeness (QED) is 0.884. The van der Waals surface area contributed by atoms with E-state index in [-0.39, 0.29) is 0 Å². The van der Waals surface area contributed by atoms with Gasteiger partial charge in [-0.1, -0.05) is 0 Å². The molecule has 5 heteroatoms. The summed E-state index contributed by atoms with van der Waals surface area (Å²) in [5.74, 6) is -1.14. The predicted octanol–water partition coefficient (Wildman–Crippen LogP) is 2.35. The minimum atomic E-state index is -0.574. The standard InChI is InChI=1S/C12H13F2N3/c1-17-10(5-7-16-17)4-6-15-12-3-2-9(13)8-11(12)14/h2-3,5,7-8,15H,4,6H2,1H3. The number of anilines is 1. The largest absolute Gasteiger partial charge is 0.382 e. The second-order valence-corrected chi connectivity index (χ2v) is 3.75. The highest BCUT2D eigenvalue weighted by atomic mass is 19.1. The van der Waals surface area contributed by atoms with E-state index in [9.17, 15) is 8.78 Å². The van der Waals surface area contributed by atoms with Crippen molar-refractivity contribution < 1.29 is 8.78 Å². The zero-order valence-corrected chi connectivity index (χ0v) is 9.45. The molecule has 2 rings (SSSR count). The average Bonchev–Trinajstić information content (AvgIpc) is 2.68. The summed E-state index contributed by atoms with van der Waals surface area (Å²) in [6.45, 7) is 0.572. The molecule has 1 aromatic heterocycles. The van der Waals surface area contributed by atoms with Gasteiger partial charge in [0.15, 0.2) is 0 Å². The molecule has 0 fully saturated rings. The highest BCUT2D eigenvalue weighted by molar-refractivity contribution is 5.44. The third-order valence-electron chi connectivity index (χ3n) is 2.55. The minimum absolute atomic E-state index is 0.313. The van der Waals surface area contributed by atoms with Gasteiger partial charge >= 0.3 is 0 Å². The van der Waals surface area contributed by atoms with Gasteiger partial charge in [0.2, 0.25) is 0 Å². The number of benzene rings is 1. The van der Waals surface area contributed by atoms with Crippen LogP contribution in [0.3, 0.4) is 0 Å². The average molecular weight is 237 g/mol. The van der Waals surface area contributed by atoms with E-state index >= 15 is 0 Å². The van der Waals surface area contributed by atoms with E-state index in [0.29, 0.717) is 12.2 Å². The van der Waals surface area contributed by atoms with Gasteiger partial charge in [-0.3, -0.25) is 4.68 Å². The Kier molecular flexibility index (Phi) is 3.37. The molecule has 0 aliphatic heterocycles. The Labute approximate surface area is 98.1 Å². The summed E-state index contributed by atoms with van der Waals surface area (Å²) in [4.78, 5) is 0. The van der Waals surface area contributed by atoms with Gasteiger partial charge in [-0.2, -0.15) is 5.10 Å². The van der Waals surface area contributed by atoms with Crippen LogP contribution in [0.4, 0.5) is 14.5 Å². The number of nitrogens with zero attached hydrogens (tertiary/aromatic N) is 2. The zero-order chi connectivity index (χ0) is 12.3. The van der Waals surface area contributed by atoms with Gasteiger partial charge in [0.25, 0.3) is 0 Å². The molecular weight excluding hydrogens is 224 g/mol. The van der Waals surface area contributed by atoms with Crippen LogP contribution in [-0.2, 0) is 13.5 Å². The summed E-state index contributed by atoms with van der Waals surface area (Å²) >= 11 is 0. The first-order chi connectivity index (χ1) is 8.16. The lowest BCUT2D eigenvalue weighted by Crippen LogP contribution is -2.09. The monoisotopic (exact) mass is 237 g/mol. The Morgan fingerprint density at radius 1 is 1.29 bits per heavy atom. The lowest BCUT2D eigenvalue weighted by Gasteiger charge is -2.07. The molecule has 3 nitrogen and oxygen atoms in total. The highest BCUT2D eigenvalue weighted by Gasteiger charge is 2.03. The van der Waals surface area contributed by atoms with Crippen LogP contribution in [0.5, 0.6) is 0 Å². The molecule has 1 heterocycles. The smallest absolute Gasteiger partial charge is 0.149 e. The van der Waals surface area contributed by atoms with E-state index in [1.165, 1.54) is 12.1 Å². The second kappa shape index (κ2) is 4.95. The maximum atomic E-state index is 13.3. The molecule has 0 bridgehead atoms.